The van der Waals surface area contributed by atoms with Crippen molar-refractivity contribution in [1.29, 1.82) is 0 Å². The average molecular weight is 267 g/mol. The molecular weight excluding hydrogens is 242 g/mol. The first-order chi connectivity index (χ1) is 9.02. The minimum Gasteiger partial charge on any atom is -0.389 e. The summed E-state index contributed by atoms with van der Waals surface area (Å²) in [7, 11) is 5.68. The summed E-state index contributed by atoms with van der Waals surface area (Å²) in [5.41, 5.74) is 0.767. The number of allylic oxidation sites excluding steroid dienone is 1. The predicted octanol–water partition coefficient (Wildman–Crippen LogP) is 1.41. The lowest BCUT2D eigenvalue weighted by Crippen LogP contribution is -2.31. The maximum atomic E-state index is 11.9. The van der Waals surface area contributed by atoms with Crippen LogP contribution in [-0.2, 0) is 9.53 Å². The van der Waals surface area contributed by atoms with Gasteiger partial charge in [-0.15, -0.1) is 0 Å². The van der Waals surface area contributed by atoms with E-state index in [1.165, 1.54) is 0 Å². The van der Waals surface area contributed by atoms with Gasteiger partial charge in [-0.25, -0.2) is 9.79 Å². The maximum Gasteiger partial charge on any atom is 0.341 e. The van der Waals surface area contributed by atoms with Crippen LogP contribution in [0.2, 0.25) is 0 Å². The van der Waals surface area contributed by atoms with E-state index in [4.69, 9.17) is 4.74 Å². The Bertz CT molecular complexity index is 362. The molecule has 0 saturated heterocycles. The topological polar surface area (TPSA) is 53.9 Å². The molecule has 1 aliphatic carbocycles. The van der Waals surface area contributed by atoms with Gasteiger partial charge in [0.2, 0.25) is 0 Å². The Morgan fingerprint density at radius 3 is 2.84 bits per heavy atom. The first-order valence-corrected chi connectivity index (χ1v) is 6.81. The standard InChI is InChI=1S/C14H25N3O2/c1-11-6-7-12(10-11)13(18)19-14(15-2)16-8-5-9-17(3)4/h10-11H,5-9H2,1-4H3,(H,15,16)/t11-/m0/s1. The zero-order chi connectivity index (χ0) is 14.3. The molecular formula is C14H25N3O2. The molecule has 5 nitrogen and oxygen atoms in total. The predicted molar refractivity (Wildman–Crippen MR) is 77.1 cm³/mol. The van der Waals surface area contributed by atoms with Crippen molar-refractivity contribution in [3.8, 4) is 0 Å². The van der Waals surface area contributed by atoms with Crippen molar-refractivity contribution in [2.24, 2.45) is 10.9 Å². The van der Waals surface area contributed by atoms with Crippen LogP contribution in [-0.4, -0.2) is 51.1 Å². The molecule has 0 heterocycles. The normalized spacial score (nSPS) is 19.5. The summed E-state index contributed by atoms with van der Waals surface area (Å²) >= 11 is 0. The molecule has 1 aliphatic rings. The molecule has 0 saturated carbocycles. The molecule has 5 heteroatoms. The van der Waals surface area contributed by atoms with Gasteiger partial charge in [0.1, 0.15) is 0 Å². The summed E-state index contributed by atoms with van der Waals surface area (Å²) in [5.74, 6) is 0.197. The summed E-state index contributed by atoms with van der Waals surface area (Å²) in [6.45, 7) is 3.84. The van der Waals surface area contributed by atoms with Gasteiger partial charge < -0.3 is 15.0 Å². The van der Waals surface area contributed by atoms with Gasteiger partial charge in [0, 0.05) is 19.2 Å². The number of nitrogens with one attached hydrogen (secondary N) is 1. The highest BCUT2D eigenvalue weighted by Gasteiger charge is 2.20. The second-order valence-corrected chi connectivity index (χ2v) is 5.21. The molecule has 0 fully saturated rings. The van der Waals surface area contributed by atoms with Crippen molar-refractivity contribution in [3.63, 3.8) is 0 Å². The van der Waals surface area contributed by atoms with Gasteiger partial charge >= 0.3 is 5.97 Å². The van der Waals surface area contributed by atoms with Crippen LogP contribution in [0.4, 0.5) is 0 Å². The van der Waals surface area contributed by atoms with E-state index >= 15 is 0 Å². The SMILES string of the molecule is CN=C(NCCCN(C)C)OC(=O)C1=C[C@@H](C)CC1. The van der Waals surface area contributed by atoms with E-state index in [-0.39, 0.29) is 5.97 Å². The molecule has 1 rings (SSSR count). The molecule has 0 radical (unpaired) electrons. The van der Waals surface area contributed by atoms with Gasteiger partial charge in [-0.1, -0.05) is 13.0 Å². The van der Waals surface area contributed by atoms with Gasteiger partial charge in [-0.3, -0.25) is 0 Å². The molecule has 0 bridgehead atoms. The molecule has 0 spiro atoms. The Balaban J connectivity index is 2.32. The van der Waals surface area contributed by atoms with Crippen LogP contribution in [0.15, 0.2) is 16.6 Å². The molecule has 1 atom stereocenters. The highest BCUT2D eigenvalue weighted by molar-refractivity contribution is 5.97. The van der Waals surface area contributed by atoms with Gasteiger partial charge in [0.25, 0.3) is 6.02 Å². The Morgan fingerprint density at radius 1 is 1.58 bits per heavy atom. The smallest absolute Gasteiger partial charge is 0.341 e. The van der Waals surface area contributed by atoms with Crippen LogP contribution in [0.5, 0.6) is 0 Å². The van der Waals surface area contributed by atoms with Crippen LogP contribution < -0.4 is 5.32 Å². The number of hydrogen-bond acceptors (Lipinski definition) is 4. The molecule has 0 aromatic rings. The number of ether oxygens (including phenoxy) is 1. The Kier molecular flexibility index (Phi) is 6.56. The minimum atomic E-state index is -0.273. The van der Waals surface area contributed by atoms with Crippen LogP contribution in [0.25, 0.3) is 0 Å². The largest absolute Gasteiger partial charge is 0.389 e. The van der Waals surface area contributed by atoms with Crippen LogP contribution in [0.3, 0.4) is 0 Å². The van der Waals surface area contributed by atoms with Crippen molar-refractivity contribution < 1.29 is 9.53 Å². The number of hydrogen-bond donors (Lipinski definition) is 1. The quantitative estimate of drug-likeness (QED) is 0.354. The molecule has 0 aromatic heterocycles. The van der Waals surface area contributed by atoms with Gasteiger partial charge in [0.05, 0.1) is 0 Å². The Morgan fingerprint density at radius 2 is 2.32 bits per heavy atom. The van der Waals surface area contributed by atoms with Crippen molar-refractivity contribution in [2.45, 2.75) is 26.2 Å². The van der Waals surface area contributed by atoms with Crippen LogP contribution in [0, 0.1) is 5.92 Å². The Labute approximate surface area is 115 Å². The van der Waals surface area contributed by atoms with E-state index in [0.29, 0.717) is 11.9 Å². The number of amidine groups is 1. The number of nitrogens with zero attached hydrogens (tertiary/aromatic N) is 2. The summed E-state index contributed by atoms with van der Waals surface area (Å²) in [6, 6.07) is 0.309. The van der Waals surface area contributed by atoms with Crippen LogP contribution >= 0.6 is 0 Å². The monoisotopic (exact) mass is 267 g/mol. The zero-order valence-corrected chi connectivity index (χ0v) is 12.4. The second-order valence-electron chi connectivity index (χ2n) is 5.21. The summed E-state index contributed by atoms with van der Waals surface area (Å²) in [4.78, 5) is 18.0. The molecule has 19 heavy (non-hydrogen) atoms. The van der Waals surface area contributed by atoms with Crippen molar-refractivity contribution >= 4 is 12.0 Å². The highest BCUT2D eigenvalue weighted by Crippen LogP contribution is 2.24. The van der Waals surface area contributed by atoms with Crippen molar-refractivity contribution in [1.82, 2.24) is 10.2 Å². The van der Waals surface area contributed by atoms with E-state index in [1.807, 2.05) is 20.2 Å². The average Bonchev–Trinajstić information content (AvgIpc) is 2.79. The van der Waals surface area contributed by atoms with Crippen molar-refractivity contribution in [2.75, 3.05) is 34.2 Å². The van der Waals surface area contributed by atoms with E-state index in [0.717, 1.165) is 37.9 Å². The number of esters is 1. The maximum absolute atomic E-state index is 11.9. The molecule has 0 amide bonds. The molecule has 0 unspecified atom stereocenters. The minimum absolute atomic E-state index is 0.273. The fourth-order valence-corrected chi connectivity index (χ4v) is 1.97. The zero-order valence-electron chi connectivity index (χ0n) is 12.4. The lowest BCUT2D eigenvalue weighted by Gasteiger charge is -2.12. The highest BCUT2D eigenvalue weighted by atomic mass is 16.6. The van der Waals surface area contributed by atoms with Gasteiger partial charge in [0.15, 0.2) is 0 Å². The Hall–Kier alpha value is -1.36. The molecule has 1 N–H and O–H groups in total. The lowest BCUT2D eigenvalue weighted by molar-refractivity contribution is -0.131. The fourth-order valence-electron chi connectivity index (χ4n) is 1.97. The van der Waals surface area contributed by atoms with E-state index in [1.54, 1.807) is 7.05 Å². The number of aliphatic imine (C=N–C) groups is 1. The second kappa shape index (κ2) is 7.94. The third kappa shape index (κ3) is 5.87. The first kappa shape index (κ1) is 15.7. The first-order valence-electron chi connectivity index (χ1n) is 6.81. The van der Waals surface area contributed by atoms with E-state index in [2.05, 4.69) is 22.1 Å². The van der Waals surface area contributed by atoms with Crippen LogP contribution in [0.1, 0.15) is 26.2 Å². The molecule has 0 aromatic carbocycles. The fraction of sp³-hybridized carbons (Fsp3) is 0.714. The summed E-state index contributed by atoms with van der Waals surface area (Å²) in [6.07, 6.45) is 4.79. The lowest BCUT2D eigenvalue weighted by atomic mass is 10.2. The molecule has 0 aliphatic heterocycles. The van der Waals surface area contributed by atoms with E-state index in [9.17, 15) is 4.79 Å². The third-order valence-electron chi connectivity index (χ3n) is 3.07. The van der Waals surface area contributed by atoms with Gasteiger partial charge in [-0.05, 0) is 45.8 Å². The number of carbonyl (C=O) groups is 1. The van der Waals surface area contributed by atoms with Gasteiger partial charge in [-0.2, -0.15) is 0 Å². The molecule has 108 valence electrons. The number of carbonyl (C=O) groups excluding carboxylic acids is 1. The summed E-state index contributed by atoms with van der Waals surface area (Å²) < 4.78 is 5.26. The summed E-state index contributed by atoms with van der Waals surface area (Å²) in [5, 5.41) is 3.04. The van der Waals surface area contributed by atoms with Crippen molar-refractivity contribution in [3.05, 3.63) is 11.6 Å². The number of rotatable bonds is 5. The third-order valence-corrected chi connectivity index (χ3v) is 3.07. The van der Waals surface area contributed by atoms with E-state index < -0.39 is 0 Å².